The molecule has 2 unspecified atom stereocenters. The van der Waals surface area contributed by atoms with Gasteiger partial charge >= 0.3 is 0 Å². The lowest BCUT2D eigenvalue weighted by atomic mass is 9.91. The number of aromatic nitrogens is 3. The van der Waals surface area contributed by atoms with Gasteiger partial charge in [-0.25, -0.2) is 4.98 Å². The quantitative estimate of drug-likeness (QED) is 0.907. The van der Waals surface area contributed by atoms with Crippen LogP contribution in [0.3, 0.4) is 0 Å². The van der Waals surface area contributed by atoms with E-state index in [0.717, 1.165) is 35.9 Å². The molecular formula is C20H22N4O. The van der Waals surface area contributed by atoms with Gasteiger partial charge in [-0.05, 0) is 49.5 Å². The molecule has 2 aliphatic rings. The number of pyridine rings is 1. The molecule has 0 spiro atoms. The molecule has 0 fully saturated rings. The molecule has 1 aliphatic heterocycles. The molecule has 25 heavy (non-hydrogen) atoms. The fourth-order valence-electron chi connectivity index (χ4n) is 3.39. The number of H-pyrrole nitrogens is 1. The molecule has 5 nitrogen and oxygen atoms in total. The molecule has 0 amide bonds. The van der Waals surface area contributed by atoms with E-state index in [9.17, 15) is 0 Å². The Labute approximate surface area is 147 Å². The Morgan fingerprint density at radius 1 is 1.36 bits per heavy atom. The predicted octanol–water partition coefficient (Wildman–Crippen LogP) is 4.28. The number of nitrogens with one attached hydrogen (secondary N) is 1. The average molecular weight is 334 g/mol. The van der Waals surface area contributed by atoms with Crippen molar-refractivity contribution in [1.29, 1.82) is 0 Å². The lowest BCUT2D eigenvalue weighted by Gasteiger charge is -2.24. The Balaban J connectivity index is 1.50. The summed E-state index contributed by atoms with van der Waals surface area (Å²) >= 11 is 0. The Hall–Kier alpha value is -2.69. The maximum atomic E-state index is 6.22. The van der Waals surface area contributed by atoms with Crippen molar-refractivity contribution in [3.05, 3.63) is 53.5 Å². The third kappa shape index (κ3) is 3.27. The average Bonchev–Trinajstić information content (AvgIpc) is 3.00. The summed E-state index contributed by atoms with van der Waals surface area (Å²) < 4.78 is 6.22. The fourth-order valence-corrected chi connectivity index (χ4v) is 3.39. The van der Waals surface area contributed by atoms with E-state index in [1.165, 1.54) is 11.1 Å². The molecule has 3 heterocycles. The highest BCUT2D eigenvalue weighted by atomic mass is 16.5. The molecule has 0 saturated carbocycles. The van der Waals surface area contributed by atoms with Crippen LogP contribution in [-0.4, -0.2) is 27.5 Å². The van der Waals surface area contributed by atoms with Crippen molar-refractivity contribution < 1.29 is 4.74 Å². The van der Waals surface area contributed by atoms with Crippen molar-refractivity contribution in [3.8, 4) is 5.88 Å². The van der Waals surface area contributed by atoms with Crippen LogP contribution in [0, 0.1) is 12.8 Å². The van der Waals surface area contributed by atoms with Gasteiger partial charge in [-0.15, -0.1) is 0 Å². The molecule has 5 heteroatoms. The number of ether oxygens (including phenoxy) is 1. The first kappa shape index (κ1) is 15.8. The Bertz CT molecular complexity index is 904. The van der Waals surface area contributed by atoms with Crippen LogP contribution < -0.4 is 4.74 Å². The van der Waals surface area contributed by atoms with E-state index in [1.54, 1.807) is 6.20 Å². The molecule has 2 atom stereocenters. The van der Waals surface area contributed by atoms with Gasteiger partial charge in [0.2, 0.25) is 5.88 Å². The maximum Gasteiger partial charge on any atom is 0.225 e. The number of aryl methyl sites for hydroxylation is 1. The molecule has 0 saturated heterocycles. The molecule has 1 aliphatic carbocycles. The molecule has 0 aromatic carbocycles. The number of fused-ring (bicyclic) bond motifs is 1. The maximum absolute atomic E-state index is 6.22. The summed E-state index contributed by atoms with van der Waals surface area (Å²) in [6, 6.07) is 1.89. The first-order chi connectivity index (χ1) is 12.2. The Kier molecular flexibility index (Phi) is 4.22. The van der Waals surface area contributed by atoms with Gasteiger partial charge in [-0.1, -0.05) is 19.1 Å². The van der Waals surface area contributed by atoms with Crippen molar-refractivity contribution in [2.45, 2.75) is 39.2 Å². The molecule has 128 valence electrons. The number of hydrogen-bond acceptors (Lipinski definition) is 4. The Morgan fingerprint density at radius 2 is 2.28 bits per heavy atom. The minimum atomic E-state index is -0.0190. The summed E-state index contributed by atoms with van der Waals surface area (Å²) in [5, 5.41) is 8.24. The second kappa shape index (κ2) is 6.67. The van der Waals surface area contributed by atoms with E-state index in [0.29, 0.717) is 5.88 Å². The number of hydrogen-bond donors (Lipinski definition) is 1. The highest BCUT2D eigenvalue weighted by Crippen LogP contribution is 2.30. The van der Waals surface area contributed by atoms with Crippen molar-refractivity contribution in [1.82, 2.24) is 15.2 Å². The fraction of sp³-hybridized carbons (Fsp3) is 0.350. The molecular weight excluding hydrogens is 312 g/mol. The molecule has 0 bridgehead atoms. The number of aromatic amines is 1. The van der Waals surface area contributed by atoms with Gasteiger partial charge in [0.1, 0.15) is 6.10 Å². The van der Waals surface area contributed by atoms with E-state index < -0.39 is 0 Å². The second-order valence-corrected chi connectivity index (χ2v) is 6.74. The van der Waals surface area contributed by atoms with Crippen LogP contribution in [-0.2, 0) is 0 Å². The highest BCUT2D eigenvalue weighted by molar-refractivity contribution is 5.85. The highest BCUT2D eigenvalue weighted by Gasteiger charge is 2.21. The number of rotatable bonds is 4. The van der Waals surface area contributed by atoms with Crippen LogP contribution in [0.1, 0.15) is 31.9 Å². The third-order valence-electron chi connectivity index (χ3n) is 4.74. The zero-order valence-electron chi connectivity index (χ0n) is 14.6. The first-order valence-electron chi connectivity index (χ1n) is 8.75. The molecule has 0 radical (unpaired) electrons. The molecule has 2 aromatic heterocycles. The van der Waals surface area contributed by atoms with E-state index in [4.69, 9.17) is 4.74 Å². The summed E-state index contributed by atoms with van der Waals surface area (Å²) in [5.74, 6) is 0.934. The molecule has 2 aromatic rings. The van der Waals surface area contributed by atoms with E-state index in [1.807, 2.05) is 25.4 Å². The van der Waals surface area contributed by atoms with E-state index in [2.05, 4.69) is 45.3 Å². The first-order valence-corrected chi connectivity index (χ1v) is 8.75. The van der Waals surface area contributed by atoms with Crippen LogP contribution >= 0.6 is 0 Å². The zero-order valence-corrected chi connectivity index (χ0v) is 14.6. The van der Waals surface area contributed by atoms with Crippen LogP contribution in [0.25, 0.3) is 10.9 Å². The monoisotopic (exact) mass is 334 g/mol. The van der Waals surface area contributed by atoms with E-state index >= 15 is 0 Å². The van der Waals surface area contributed by atoms with Gasteiger partial charge in [0.25, 0.3) is 0 Å². The van der Waals surface area contributed by atoms with Gasteiger partial charge in [0.15, 0.2) is 0 Å². The SMILES string of the molecule is Cc1[nH]nc2ccnc(OC3C=CC(CC4=CN=CCC4)=CC3C)c12. The summed E-state index contributed by atoms with van der Waals surface area (Å²) in [7, 11) is 0. The van der Waals surface area contributed by atoms with Crippen LogP contribution in [0.2, 0.25) is 0 Å². The summed E-state index contributed by atoms with van der Waals surface area (Å²) in [4.78, 5) is 8.69. The van der Waals surface area contributed by atoms with Gasteiger partial charge < -0.3 is 4.74 Å². The van der Waals surface area contributed by atoms with Crippen molar-refractivity contribution in [2.75, 3.05) is 0 Å². The number of allylic oxidation sites excluding steroid dienone is 3. The van der Waals surface area contributed by atoms with Gasteiger partial charge in [0, 0.05) is 30.2 Å². The topological polar surface area (TPSA) is 63.2 Å². The number of aliphatic imine (C=N–C) groups is 1. The minimum Gasteiger partial charge on any atom is -0.469 e. The smallest absolute Gasteiger partial charge is 0.225 e. The molecule has 1 N–H and O–H groups in total. The molecule has 4 rings (SSSR count). The lowest BCUT2D eigenvalue weighted by molar-refractivity contribution is 0.203. The van der Waals surface area contributed by atoms with E-state index in [-0.39, 0.29) is 12.0 Å². The van der Waals surface area contributed by atoms with Crippen LogP contribution in [0.15, 0.2) is 52.8 Å². The summed E-state index contributed by atoms with van der Waals surface area (Å²) in [5.41, 5.74) is 4.59. The zero-order chi connectivity index (χ0) is 17.2. The Morgan fingerprint density at radius 3 is 3.08 bits per heavy atom. The minimum absolute atomic E-state index is 0.0190. The van der Waals surface area contributed by atoms with Crippen LogP contribution in [0.5, 0.6) is 5.88 Å². The second-order valence-electron chi connectivity index (χ2n) is 6.74. The lowest BCUT2D eigenvalue weighted by Crippen LogP contribution is -2.24. The van der Waals surface area contributed by atoms with Crippen LogP contribution in [0.4, 0.5) is 0 Å². The van der Waals surface area contributed by atoms with Crippen molar-refractivity contribution in [2.24, 2.45) is 10.9 Å². The standard InChI is InChI=1S/C20H22N4O/c1-13-10-15(11-16-4-3-8-21-12-16)5-6-18(13)25-20-19-14(2)23-24-17(19)7-9-22-20/h5-10,12-13,18H,3-4,11H2,1-2H3,(H,23,24). The van der Waals surface area contributed by atoms with Gasteiger partial charge in [-0.2, -0.15) is 5.10 Å². The van der Waals surface area contributed by atoms with Gasteiger partial charge in [-0.3, -0.25) is 10.1 Å². The summed E-state index contributed by atoms with van der Waals surface area (Å²) in [6.45, 7) is 4.17. The van der Waals surface area contributed by atoms with Crippen molar-refractivity contribution in [3.63, 3.8) is 0 Å². The van der Waals surface area contributed by atoms with Crippen molar-refractivity contribution >= 4 is 17.1 Å². The predicted molar refractivity (Wildman–Crippen MR) is 99.9 cm³/mol. The number of nitrogens with zero attached hydrogens (tertiary/aromatic N) is 3. The summed E-state index contributed by atoms with van der Waals surface area (Å²) in [6.07, 6.45) is 15.4. The van der Waals surface area contributed by atoms with Gasteiger partial charge in [0.05, 0.1) is 10.9 Å². The normalized spacial score (nSPS) is 22.8. The third-order valence-corrected chi connectivity index (χ3v) is 4.74. The largest absolute Gasteiger partial charge is 0.469 e.